The zero-order chi connectivity index (χ0) is 16.4. The fraction of sp³-hybridized carbons (Fsp3) is 0.562. The number of rotatable bonds is 4. The van der Waals surface area contributed by atoms with Gasteiger partial charge < -0.3 is 9.88 Å². The first-order valence-corrected chi connectivity index (χ1v) is 8.01. The molecule has 0 saturated carbocycles. The summed E-state index contributed by atoms with van der Waals surface area (Å²) in [7, 11) is 5.88. The average molecular weight is 316 g/mol. The molecule has 7 heteroatoms. The number of aryl methyl sites for hydroxylation is 2. The number of hydrogen-bond donors (Lipinski definition) is 1. The lowest BCUT2D eigenvalue weighted by Gasteiger charge is -2.39. The van der Waals surface area contributed by atoms with Gasteiger partial charge in [0.2, 0.25) is 0 Å². The molecule has 1 N–H and O–H groups in total. The van der Waals surface area contributed by atoms with Crippen LogP contribution in [0.2, 0.25) is 0 Å². The SMILES string of the molecule is CN1CCC[C@@H](CNc2nccn(C)c2=O)[C@@H]1c1ccnn1C. The van der Waals surface area contributed by atoms with Crippen molar-refractivity contribution in [1.82, 2.24) is 24.2 Å². The van der Waals surface area contributed by atoms with E-state index < -0.39 is 0 Å². The van der Waals surface area contributed by atoms with Gasteiger partial charge >= 0.3 is 0 Å². The van der Waals surface area contributed by atoms with Gasteiger partial charge in [-0.05, 0) is 38.4 Å². The molecule has 2 aromatic heterocycles. The predicted octanol–water partition coefficient (Wildman–Crippen LogP) is 1.01. The second-order valence-electron chi connectivity index (χ2n) is 6.28. The summed E-state index contributed by atoms with van der Waals surface area (Å²) in [4.78, 5) is 18.6. The van der Waals surface area contributed by atoms with E-state index in [1.54, 1.807) is 24.0 Å². The van der Waals surface area contributed by atoms with Gasteiger partial charge in [0.1, 0.15) is 0 Å². The molecule has 3 heterocycles. The van der Waals surface area contributed by atoms with E-state index in [1.807, 2.05) is 17.9 Å². The van der Waals surface area contributed by atoms with Crippen LogP contribution >= 0.6 is 0 Å². The number of aromatic nitrogens is 4. The molecule has 124 valence electrons. The zero-order valence-corrected chi connectivity index (χ0v) is 13.9. The normalized spacial score (nSPS) is 22.2. The highest BCUT2D eigenvalue weighted by atomic mass is 16.1. The summed E-state index contributed by atoms with van der Waals surface area (Å²) in [6, 6.07) is 2.38. The minimum absolute atomic E-state index is 0.0891. The third-order valence-electron chi connectivity index (χ3n) is 4.72. The van der Waals surface area contributed by atoms with Crippen LogP contribution in [0.1, 0.15) is 24.6 Å². The van der Waals surface area contributed by atoms with Crippen molar-refractivity contribution >= 4 is 5.82 Å². The van der Waals surface area contributed by atoms with Crippen LogP contribution in [0.3, 0.4) is 0 Å². The van der Waals surface area contributed by atoms with Gasteiger partial charge in [0.15, 0.2) is 5.82 Å². The smallest absolute Gasteiger partial charge is 0.293 e. The van der Waals surface area contributed by atoms with Crippen LogP contribution < -0.4 is 10.9 Å². The van der Waals surface area contributed by atoms with E-state index in [1.165, 1.54) is 5.69 Å². The van der Waals surface area contributed by atoms with Crippen LogP contribution in [0, 0.1) is 5.92 Å². The molecule has 1 aliphatic heterocycles. The maximum absolute atomic E-state index is 12.1. The lowest BCUT2D eigenvalue weighted by atomic mass is 9.87. The van der Waals surface area contributed by atoms with Crippen molar-refractivity contribution in [3.8, 4) is 0 Å². The van der Waals surface area contributed by atoms with Crippen LogP contribution in [0.5, 0.6) is 0 Å². The number of hydrogen-bond acceptors (Lipinski definition) is 5. The molecular weight excluding hydrogens is 292 g/mol. The standard InChI is InChI=1S/C16H24N6O/c1-20-9-4-5-12(14(20)13-6-7-19-22(13)3)11-18-15-16(23)21(2)10-8-17-15/h6-8,10,12,14H,4-5,9,11H2,1-3H3,(H,17,18)/t12-,14+/m0/s1. The molecule has 0 aliphatic carbocycles. The van der Waals surface area contributed by atoms with E-state index in [0.29, 0.717) is 17.8 Å². The summed E-state index contributed by atoms with van der Waals surface area (Å²) < 4.78 is 3.49. The maximum Gasteiger partial charge on any atom is 0.293 e. The summed E-state index contributed by atoms with van der Waals surface area (Å²) in [5.41, 5.74) is 1.13. The van der Waals surface area contributed by atoms with Crippen molar-refractivity contribution in [3.05, 3.63) is 40.7 Å². The third kappa shape index (κ3) is 3.14. The monoisotopic (exact) mass is 316 g/mol. The Morgan fingerprint density at radius 1 is 1.30 bits per heavy atom. The Kier molecular flexibility index (Phi) is 4.47. The second-order valence-corrected chi connectivity index (χ2v) is 6.28. The van der Waals surface area contributed by atoms with E-state index in [4.69, 9.17) is 0 Å². The molecule has 0 radical (unpaired) electrons. The van der Waals surface area contributed by atoms with E-state index in [-0.39, 0.29) is 5.56 Å². The zero-order valence-electron chi connectivity index (χ0n) is 13.9. The Morgan fingerprint density at radius 2 is 2.13 bits per heavy atom. The molecule has 0 spiro atoms. The summed E-state index contributed by atoms with van der Waals surface area (Å²) in [5, 5.41) is 7.56. The Balaban J connectivity index is 1.78. The van der Waals surface area contributed by atoms with E-state index in [2.05, 4.69) is 33.4 Å². The third-order valence-corrected chi connectivity index (χ3v) is 4.72. The Bertz CT molecular complexity index is 721. The Morgan fingerprint density at radius 3 is 2.87 bits per heavy atom. The molecule has 0 aromatic carbocycles. The second kappa shape index (κ2) is 6.54. The molecule has 1 fully saturated rings. The summed E-state index contributed by atoms with van der Waals surface area (Å²) in [6.45, 7) is 1.81. The molecular formula is C16H24N6O. The molecule has 7 nitrogen and oxygen atoms in total. The molecule has 2 atom stereocenters. The molecule has 1 saturated heterocycles. The first-order valence-electron chi connectivity index (χ1n) is 8.01. The Hall–Kier alpha value is -2.15. The van der Waals surface area contributed by atoms with Gasteiger partial charge in [-0.2, -0.15) is 5.10 Å². The van der Waals surface area contributed by atoms with Gasteiger partial charge in [-0.25, -0.2) is 4.98 Å². The van der Waals surface area contributed by atoms with Crippen molar-refractivity contribution < 1.29 is 0 Å². The molecule has 23 heavy (non-hydrogen) atoms. The minimum Gasteiger partial charge on any atom is -0.365 e. The highest BCUT2D eigenvalue weighted by Crippen LogP contribution is 2.34. The van der Waals surface area contributed by atoms with Gasteiger partial charge in [-0.1, -0.05) is 0 Å². The van der Waals surface area contributed by atoms with Crippen molar-refractivity contribution in [2.75, 3.05) is 25.5 Å². The number of anilines is 1. The van der Waals surface area contributed by atoms with Crippen LogP contribution in [0.4, 0.5) is 5.82 Å². The van der Waals surface area contributed by atoms with Crippen LogP contribution in [-0.4, -0.2) is 44.4 Å². The van der Waals surface area contributed by atoms with Crippen LogP contribution in [0.15, 0.2) is 29.5 Å². The van der Waals surface area contributed by atoms with Crippen molar-refractivity contribution in [2.45, 2.75) is 18.9 Å². The molecule has 0 amide bonds. The number of nitrogens with one attached hydrogen (secondary N) is 1. The highest BCUT2D eigenvalue weighted by Gasteiger charge is 2.32. The van der Waals surface area contributed by atoms with Gasteiger partial charge in [0.25, 0.3) is 5.56 Å². The minimum atomic E-state index is -0.0891. The van der Waals surface area contributed by atoms with Crippen molar-refractivity contribution in [1.29, 1.82) is 0 Å². The largest absolute Gasteiger partial charge is 0.365 e. The predicted molar refractivity (Wildman–Crippen MR) is 89.3 cm³/mol. The first kappa shape index (κ1) is 15.7. The molecule has 3 rings (SSSR count). The van der Waals surface area contributed by atoms with Crippen molar-refractivity contribution in [2.24, 2.45) is 20.0 Å². The summed E-state index contributed by atoms with van der Waals surface area (Å²) in [6.07, 6.45) is 7.45. The molecule has 0 unspecified atom stereocenters. The lowest BCUT2D eigenvalue weighted by Crippen LogP contribution is -2.40. The summed E-state index contributed by atoms with van der Waals surface area (Å²) >= 11 is 0. The van der Waals surface area contributed by atoms with Crippen molar-refractivity contribution in [3.63, 3.8) is 0 Å². The molecule has 1 aliphatic rings. The fourth-order valence-corrected chi connectivity index (χ4v) is 3.46. The lowest BCUT2D eigenvalue weighted by molar-refractivity contribution is 0.121. The Labute approximate surface area is 135 Å². The van der Waals surface area contributed by atoms with Crippen LogP contribution in [0.25, 0.3) is 0 Å². The number of piperidine rings is 1. The summed E-state index contributed by atoms with van der Waals surface area (Å²) in [5.74, 6) is 0.836. The average Bonchev–Trinajstić information content (AvgIpc) is 2.94. The molecule has 2 aromatic rings. The van der Waals surface area contributed by atoms with E-state index in [0.717, 1.165) is 25.9 Å². The quantitative estimate of drug-likeness (QED) is 0.912. The van der Waals surface area contributed by atoms with E-state index in [9.17, 15) is 4.79 Å². The van der Waals surface area contributed by atoms with Crippen LogP contribution in [-0.2, 0) is 14.1 Å². The van der Waals surface area contributed by atoms with Gasteiger partial charge in [-0.15, -0.1) is 0 Å². The number of likely N-dealkylation sites (tertiary alicyclic amines) is 1. The number of nitrogens with zero attached hydrogens (tertiary/aromatic N) is 5. The van der Waals surface area contributed by atoms with Gasteiger partial charge in [-0.3, -0.25) is 14.4 Å². The maximum atomic E-state index is 12.1. The fourth-order valence-electron chi connectivity index (χ4n) is 3.46. The van der Waals surface area contributed by atoms with E-state index >= 15 is 0 Å². The topological polar surface area (TPSA) is 68.0 Å². The highest BCUT2D eigenvalue weighted by molar-refractivity contribution is 5.31. The first-order chi connectivity index (χ1) is 11.1. The molecule has 0 bridgehead atoms. The van der Waals surface area contributed by atoms with Gasteiger partial charge in [0.05, 0.1) is 11.7 Å². The van der Waals surface area contributed by atoms with Gasteiger partial charge in [0, 0.05) is 39.2 Å².